The van der Waals surface area contributed by atoms with Gasteiger partial charge in [-0.3, -0.25) is 4.90 Å². The first-order valence-electron chi connectivity index (χ1n) is 7.04. The number of hydrogen-bond donors (Lipinski definition) is 1. The molecule has 8 heteroatoms. The maximum atomic E-state index is 5.85. The van der Waals surface area contributed by atoms with Crippen LogP contribution in [0.25, 0.3) is 10.8 Å². The largest absolute Gasteiger partial charge is 0.443 e. The lowest BCUT2D eigenvalue weighted by Crippen LogP contribution is -2.41. The van der Waals surface area contributed by atoms with Gasteiger partial charge in [0.2, 0.25) is 5.89 Å². The van der Waals surface area contributed by atoms with Crippen molar-refractivity contribution in [1.29, 1.82) is 0 Å². The molecule has 7 nitrogen and oxygen atoms in total. The van der Waals surface area contributed by atoms with E-state index in [-0.39, 0.29) is 6.61 Å². The van der Waals surface area contributed by atoms with E-state index >= 15 is 0 Å². The molecule has 2 aromatic heterocycles. The predicted molar refractivity (Wildman–Crippen MR) is 83.5 cm³/mol. The normalized spacial score (nSPS) is 16.8. The Balaban J connectivity index is 1.46. The number of rotatable bonds is 6. The van der Waals surface area contributed by atoms with Crippen molar-refractivity contribution in [3.05, 3.63) is 29.5 Å². The smallest absolute Gasteiger partial charge is 0.236 e. The molecule has 118 valence electrons. The van der Waals surface area contributed by atoms with Gasteiger partial charge in [0, 0.05) is 13.1 Å². The number of oxime groups is 1. The summed E-state index contributed by atoms with van der Waals surface area (Å²) in [5, 5.41) is 5.90. The van der Waals surface area contributed by atoms with Gasteiger partial charge in [-0.05, 0) is 11.4 Å². The van der Waals surface area contributed by atoms with Gasteiger partial charge in [-0.15, -0.1) is 11.3 Å². The molecule has 0 amide bonds. The molecule has 0 aliphatic carbocycles. The number of nitrogens with zero attached hydrogens (tertiary/aromatic N) is 3. The molecule has 0 radical (unpaired) electrons. The Morgan fingerprint density at radius 2 is 2.32 bits per heavy atom. The number of thiophene rings is 1. The molecule has 1 saturated heterocycles. The third-order valence-electron chi connectivity index (χ3n) is 3.17. The highest BCUT2D eigenvalue weighted by molar-refractivity contribution is 7.13. The van der Waals surface area contributed by atoms with Gasteiger partial charge in [-0.25, -0.2) is 4.98 Å². The van der Waals surface area contributed by atoms with E-state index in [9.17, 15) is 0 Å². The molecule has 0 bridgehead atoms. The molecule has 2 aromatic rings. The second-order valence-corrected chi connectivity index (χ2v) is 5.81. The molecule has 1 aliphatic heterocycles. The minimum Gasteiger partial charge on any atom is -0.443 e. The molecule has 0 atom stereocenters. The summed E-state index contributed by atoms with van der Waals surface area (Å²) in [7, 11) is 0. The van der Waals surface area contributed by atoms with Crippen molar-refractivity contribution >= 4 is 17.2 Å². The summed E-state index contributed by atoms with van der Waals surface area (Å²) in [4.78, 5) is 12.8. The fourth-order valence-electron chi connectivity index (χ4n) is 2.09. The van der Waals surface area contributed by atoms with Crippen LogP contribution in [0.2, 0.25) is 0 Å². The minimum absolute atomic E-state index is 0.235. The topological polar surface area (TPSA) is 86.1 Å². The molecule has 22 heavy (non-hydrogen) atoms. The average Bonchev–Trinajstić information content (AvgIpc) is 3.19. The standard InChI is InChI=1S/C14H18N4O3S/c15-13(8-18-3-5-19-6-4-18)17-21-10-11-9-20-14(16-11)12-2-1-7-22-12/h1-2,7,9H,3-6,8,10H2,(H2,15,17). The van der Waals surface area contributed by atoms with Crippen LogP contribution in [0.3, 0.4) is 0 Å². The molecule has 3 heterocycles. The molecule has 3 rings (SSSR count). The number of amidine groups is 1. The van der Waals surface area contributed by atoms with Gasteiger partial charge in [0.15, 0.2) is 12.4 Å². The van der Waals surface area contributed by atoms with Crippen LogP contribution >= 0.6 is 11.3 Å². The van der Waals surface area contributed by atoms with E-state index < -0.39 is 0 Å². The van der Waals surface area contributed by atoms with E-state index in [1.807, 2.05) is 17.5 Å². The highest BCUT2D eigenvalue weighted by Gasteiger charge is 2.12. The number of morpholine rings is 1. The maximum Gasteiger partial charge on any atom is 0.236 e. The van der Waals surface area contributed by atoms with Crippen molar-refractivity contribution in [2.45, 2.75) is 6.61 Å². The van der Waals surface area contributed by atoms with Gasteiger partial charge in [0.05, 0.1) is 24.6 Å². The van der Waals surface area contributed by atoms with Gasteiger partial charge < -0.3 is 19.7 Å². The predicted octanol–water partition coefficient (Wildman–Crippen LogP) is 1.52. The van der Waals surface area contributed by atoms with Crippen LogP contribution in [0.5, 0.6) is 0 Å². The van der Waals surface area contributed by atoms with E-state index in [1.165, 1.54) is 0 Å². The first-order valence-corrected chi connectivity index (χ1v) is 7.92. The van der Waals surface area contributed by atoms with Gasteiger partial charge in [-0.1, -0.05) is 11.2 Å². The van der Waals surface area contributed by atoms with E-state index in [0.717, 1.165) is 31.2 Å². The second kappa shape index (κ2) is 7.39. The Morgan fingerprint density at radius 1 is 1.45 bits per heavy atom. The van der Waals surface area contributed by atoms with E-state index in [2.05, 4.69) is 15.0 Å². The summed E-state index contributed by atoms with van der Waals surface area (Å²) in [6.45, 7) is 4.02. The molecule has 1 aliphatic rings. The van der Waals surface area contributed by atoms with Crippen LogP contribution < -0.4 is 5.73 Å². The highest BCUT2D eigenvalue weighted by atomic mass is 32.1. The zero-order valence-electron chi connectivity index (χ0n) is 12.1. The number of hydrogen-bond acceptors (Lipinski definition) is 7. The van der Waals surface area contributed by atoms with Gasteiger partial charge >= 0.3 is 0 Å². The number of aromatic nitrogens is 1. The fourth-order valence-corrected chi connectivity index (χ4v) is 2.74. The third-order valence-corrected chi connectivity index (χ3v) is 4.03. The van der Waals surface area contributed by atoms with Gasteiger partial charge in [0.25, 0.3) is 0 Å². The number of ether oxygens (including phenoxy) is 1. The SMILES string of the molecule is N/C(CN1CCOCC1)=N\OCc1coc(-c2cccs2)n1. The summed E-state index contributed by atoms with van der Waals surface area (Å²) in [6.07, 6.45) is 1.57. The lowest BCUT2D eigenvalue weighted by molar-refractivity contribution is 0.0442. The summed E-state index contributed by atoms with van der Waals surface area (Å²) < 4.78 is 10.7. The molecular formula is C14H18N4O3S. The van der Waals surface area contributed by atoms with Crippen LogP contribution in [0, 0.1) is 0 Å². The van der Waals surface area contributed by atoms with Crippen molar-refractivity contribution < 1.29 is 14.0 Å². The molecule has 0 saturated carbocycles. The van der Waals surface area contributed by atoms with Crippen LogP contribution in [-0.4, -0.2) is 48.6 Å². The lowest BCUT2D eigenvalue weighted by Gasteiger charge is -2.25. The van der Waals surface area contributed by atoms with Crippen LogP contribution in [0.15, 0.2) is 33.3 Å². The molecule has 0 aromatic carbocycles. The van der Waals surface area contributed by atoms with E-state index in [1.54, 1.807) is 17.6 Å². The van der Waals surface area contributed by atoms with E-state index in [4.69, 9.17) is 19.7 Å². The zero-order chi connectivity index (χ0) is 15.2. The van der Waals surface area contributed by atoms with Crippen molar-refractivity contribution in [3.8, 4) is 10.8 Å². The van der Waals surface area contributed by atoms with Crippen LogP contribution in [0.1, 0.15) is 5.69 Å². The molecule has 2 N–H and O–H groups in total. The fraction of sp³-hybridized carbons (Fsp3) is 0.429. The summed E-state index contributed by atoms with van der Waals surface area (Å²) in [5.74, 6) is 1.04. The van der Waals surface area contributed by atoms with Crippen molar-refractivity contribution in [1.82, 2.24) is 9.88 Å². The first kappa shape index (κ1) is 15.0. The summed E-state index contributed by atoms with van der Waals surface area (Å²) >= 11 is 1.58. The molecule has 1 fully saturated rings. The van der Waals surface area contributed by atoms with E-state index in [0.29, 0.717) is 24.0 Å². The zero-order valence-corrected chi connectivity index (χ0v) is 12.9. The van der Waals surface area contributed by atoms with Crippen molar-refractivity contribution in [3.63, 3.8) is 0 Å². The monoisotopic (exact) mass is 322 g/mol. The van der Waals surface area contributed by atoms with Crippen molar-refractivity contribution in [2.75, 3.05) is 32.8 Å². The highest BCUT2D eigenvalue weighted by Crippen LogP contribution is 2.23. The van der Waals surface area contributed by atoms with Crippen molar-refractivity contribution in [2.24, 2.45) is 10.9 Å². The number of nitrogens with two attached hydrogens (primary N) is 1. The Kier molecular flexibility index (Phi) is 5.04. The summed E-state index contributed by atoms with van der Waals surface area (Å²) in [6, 6.07) is 3.91. The lowest BCUT2D eigenvalue weighted by atomic mass is 10.4. The quantitative estimate of drug-likeness (QED) is 0.493. The Bertz CT molecular complexity index is 605. The number of oxazole rings is 1. The average molecular weight is 322 g/mol. The third kappa shape index (κ3) is 4.06. The first-order chi connectivity index (χ1) is 10.8. The van der Waals surface area contributed by atoms with Crippen LogP contribution in [0.4, 0.5) is 0 Å². The second-order valence-electron chi connectivity index (χ2n) is 4.87. The maximum absolute atomic E-state index is 5.85. The summed E-state index contributed by atoms with van der Waals surface area (Å²) in [5.41, 5.74) is 6.54. The Labute approximate surface area is 132 Å². The minimum atomic E-state index is 0.235. The molecular weight excluding hydrogens is 304 g/mol. The van der Waals surface area contributed by atoms with Gasteiger partial charge in [-0.2, -0.15) is 0 Å². The Morgan fingerprint density at radius 3 is 3.09 bits per heavy atom. The molecule has 0 spiro atoms. The molecule has 0 unspecified atom stereocenters. The van der Waals surface area contributed by atoms with Gasteiger partial charge in [0.1, 0.15) is 12.0 Å². The van der Waals surface area contributed by atoms with Crippen LogP contribution in [-0.2, 0) is 16.2 Å². The Hall–Kier alpha value is -1.90.